The molecule has 2 aromatic rings. The van der Waals surface area contributed by atoms with E-state index in [4.69, 9.17) is 0 Å². The Kier molecular flexibility index (Phi) is 4.85. The van der Waals surface area contributed by atoms with Gasteiger partial charge in [-0.25, -0.2) is 0 Å². The van der Waals surface area contributed by atoms with Crippen molar-refractivity contribution in [1.82, 2.24) is 0 Å². The van der Waals surface area contributed by atoms with Crippen molar-refractivity contribution in [2.75, 3.05) is 0 Å². The zero-order valence-electron chi connectivity index (χ0n) is 9.45. The van der Waals surface area contributed by atoms with Gasteiger partial charge < -0.3 is 0 Å². The summed E-state index contributed by atoms with van der Waals surface area (Å²) in [7, 11) is 0. The summed E-state index contributed by atoms with van der Waals surface area (Å²) in [6, 6.07) is 17.3. The van der Waals surface area contributed by atoms with Gasteiger partial charge in [-0.1, -0.05) is 31.2 Å². The Balaban J connectivity index is 2.33. The van der Waals surface area contributed by atoms with Gasteiger partial charge in [0.15, 0.2) is 0 Å². The monoisotopic (exact) mass is 446 g/mol. The van der Waals surface area contributed by atoms with E-state index in [1.165, 1.54) is 18.3 Å². The Morgan fingerprint density at radius 1 is 0.765 bits per heavy atom. The van der Waals surface area contributed by atoms with E-state index >= 15 is 0 Å². The van der Waals surface area contributed by atoms with Crippen LogP contribution in [0.5, 0.6) is 0 Å². The van der Waals surface area contributed by atoms with Crippen molar-refractivity contribution in [3.05, 3.63) is 73.2 Å². The van der Waals surface area contributed by atoms with Crippen LogP contribution in [0.25, 0.3) is 0 Å². The highest BCUT2D eigenvalue weighted by Crippen LogP contribution is 2.28. The molecule has 0 heterocycles. The summed E-state index contributed by atoms with van der Waals surface area (Å²) in [5.41, 5.74) is 2.60. The molecule has 2 heteroatoms. The average Bonchev–Trinajstić information content (AvgIpc) is 2.35. The van der Waals surface area contributed by atoms with Crippen LogP contribution < -0.4 is 0 Å². The van der Waals surface area contributed by atoms with E-state index < -0.39 is 0 Å². The Bertz CT molecular complexity index is 426. The minimum absolute atomic E-state index is 0.268. The number of benzene rings is 2. The Morgan fingerprint density at radius 3 is 1.41 bits per heavy atom. The molecule has 86 valence electrons. The van der Waals surface area contributed by atoms with Crippen LogP contribution in [0.1, 0.15) is 24.0 Å². The largest absolute Gasteiger partial charge is 0.0576 e. The third-order valence-corrected chi connectivity index (χ3v) is 4.13. The fourth-order valence-corrected chi connectivity index (χ4v) is 2.56. The molecule has 2 aromatic carbocycles. The van der Waals surface area contributed by atoms with Crippen molar-refractivity contribution in [2.24, 2.45) is 0 Å². The fraction of sp³-hybridized carbons (Fsp3) is 0.133. The van der Waals surface area contributed by atoms with Gasteiger partial charge in [0.25, 0.3) is 0 Å². The van der Waals surface area contributed by atoms with Crippen molar-refractivity contribution < 1.29 is 0 Å². The van der Waals surface area contributed by atoms with Gasteiger partial charge in [-0.15, -0.1) is 0 Å². The zero-order valence-corrected chi connectivity index (χ0v) is 13.8. The maximum atomic E-state index is 3.37. The maximum Gasteiger partial charge on any atom is 0.0155 e. The predicted molar refractivity (Wildman–Crippen MR) is 89.1 cm³/mol. The lowest BCUT2D eigenvalue weighted by Crippen LogP contribution is -2.00. The van der Waals surface area contributed by atoms with Gasteiger partial charge in [-0.2, -0.15) is 0 Å². The molecular weight excluding hydrogens is 434 g/mol. The van der Waals surface area contributed by atoms with Crippen LogP contribution >= 0.6 is 45.2 Å². The highest BCUT2D eigenvalue weighted by atomic mass is 127. The van der Waals surface area contributed by atoms with Crippen LogP contribution in [-0.2, 0) is 0 Å². The first-order chi connectivity index (χ1) is 8.20. The lowest BCUT2D eigenvalue weighted by molar-refractivity contribution is 0.939. The lowest BCUT2D eigenvalue weighted by atomic mass is 9.89. The molecule has 0 spiro atoms. The molecule has 17 heavy (non-hydrogen) atoms. The van der Waals surface area contributed by atoms with Crippen LogP contribution in [0, 0.1) is 13.6 Å². The molecule has 0 unspecified atom stereocenters. The van der Waals surface area contributed by atoms with Gasteiger partial charge in [0.2, 0.25) is 0 Å². The molecule has 2 rings (SSSR count). The number of hydrogen-bond donors (Lipinski definition) is 0. The normalized spacial score (nSPS) is 10.8. The van der Waals surface area contributed by atoms with E-state index in [0.29, 0.717) is 0 Å². The van der Waals surface area contributed by atoms with E-state index in [2.05, 4.69) is 100 Å². The quantitative estimate of drug-likeness (QED) is 0.574. The molecule has 0 aliphatic carbocycles. The molecule has 2 radical (unpaired) electrons. The van der Waals surface area contributed by atoms with Gasteiger partial charge in [-0.05, 0) is 87.0 Å². The lowest BCUT2D eigenvalue weighted by Gasteiger charge is -2.15. The minimum Gasteiger partial charge on any atom is -0.0576 e. The first-order valence-corrected chi connectivity index (χ1v) is 7.54. The molecule has 0 fully saturated rings. The van der Waals surface area contributed by atoms with Gasteiger partial charge in [-0.3, -0.25) is 0 Å². The first kappa shape index (κ1) is 13.3. The molecule has 0 saturated heterocycles. The molecule has 0 amide bonds. The van der Waals surface area contributed by atoms with Gasteiger partial charge in [0.1, 0.15) is 0 Å². The van der Waals surface area contributed by atoms with E-state index in [1.807, 2.05) is 6.92 Å². The Hall–Kier alpha value is -0.100. The Labute approximate surface area is 130 Å². The summed E-state index contributed by atoms with van der Waals surface area (Å²) in [6.45, 7) is 2.00. The second-order valence-electron chi connectivity index (χ2n) is 3.82. The van der Waals surface area contributed by atoms with E-state index in [0.717, 1.165) is 0 Å². The summed E-state index contributed by atoms with van der Waals surface area (Å²) in [5, 5.41) is 0. The van der Waals surface area contributed by atoms with E-state index in [-0.39, 0.29) is 5.92 Å². The number of hydrogen-bond acceptors (Lipinski definition) is 0. The van der Waals surface area contributed by atoms with E-state index in [1.54, 1.807) is 0 Å². The second kappa shape index (κ2) is 6.18. The molecule has 0 aliphatic rings. The third-order valence-electron chi connectivity index (χ3n) is 2.70. The summed E-state index contributed by atoms with van der Waals surface area (Å²) in [5.74, 6) is 0.268. The van der Waals surface area contributed by atoms with Gasteiger partial charge in [0.05, 0.1) is 0 Å². The molecule has 0 N–H and O–H groups in total. The number of rotatable bonds is 3. The van der Waals surface area contributed by atoms with Crippen molar-refractivity contribution in [2.45, 2.75) is 12.8 Å². The summed E-state index contributed by atoms with van der Waals surface area (Å²) in [4.78, 5) is 0. The van der Waals surface area contributed by atoms with Crippen LogP contribution in [0.4, 0.5) is 0 Å². The zero-order chi connectivity index (χ0) is 12.3. The molecule has 0 saturated carbocycles. The van der Waals surface area contributed by atoms with Crippen molar-refractivity contribution in [1.29, 1.82) is 0 Å². The molecule has 0 bridgehead atoms. The van der Waals surface area contributed by atoms with Gasteiger partial charge in [0, 0.05) is 13.1 Å². The molecule has 0 aliphatic heterocycles. The SMILES string of the molecule is C[C]C(c1ccc(I)cc1)c1ccc(I)cc1. The van der Waals surface area contributed by atoms with Crippen LogP contribution in [-0.4, -0.2) is 0 Å². The summed E-state index contributed by atoms with van der Waals surface area (Å²) < 4.78 is 2.53. The van der Waals surface area contributed by atoms with E-state index in [9.17, 15) is 0 Å². The highest BCUT2D eigenvalue weighted by molar-refractivity contribution is 14.1. The van der Waals surface area contributed by atoms with Crippen molar-refractivity contribution in [3.8, 4) is 0 Å². The second-order valence-corrected chi connectivity index (χ2v) is 6.32. The maximum absolute atomic E-state index is 3.37. The summed E-state index contributed by atoms with van der Waals surface area (Å²) in [6.07, 6.45) is 3.37. The van der Waals surface area contributed by atoms with Crippen molar-refractivity contribution >= 4 is 45.2 Å². The minimum atomic E-state index is 0.268. The predicted octanol–water partition coefficient (Wildman–Crippen LogP) is 5.13. The number of halogens is 2. The molecule has 0 atom stereocenters. The third kappa shape index (κ3) is 3.44. The fourth-order valence-electron chi connectivity index (χ4n) is 1.84. The smallest absolute Gasteiger partial charge is 0.0155 e. The first-order valence-electron chi connectivity index (χ1n) is 5.39. The molecular formula is C15H12I2. The highest BCUT2D eigenvalue weighted by Gasteiger charge is 2.12. The van der Waals surface area contributed by atoms with Gasteiger partial charge >= 0.3 is 0 Å². The van der Waals surface area contributed by atoms with Crippen LogP contribution in [0.15, 0.2) is 48.5 Å². The molecule has 0 aromatic heterocycles. The van der Waals surface area contributed by atoms with Crippen LogP contribution in [0.3, 0.4) is 0 Å². The van der Waals surface area contributed by atoms with Crippen molar-refractivity contribution in [3.63, 3.8) is 0 Å². The average molecular weight is 446 g/mol. The molecule has 0 nitrogen and oxygen atoms in total. The standard InChI is InChI=1S/C15H12I2/c1-2-15(11-3-7-13(16)8-4-11)12-5-9-14(17)10-6-12/h3-10,15H,1H3. The topological polar surface area (TPSA) is 0 Å². The Morgan fingerprint density at radius 2 is 1.12 bits per heavy atom. The van der Waals surface area contributed by atoms with Crippen LogP contribution in [0.2, 0.25) is 0 Å². The summed E-state index contributed by atoms with van der Waals surface area (Å²) >= 11 is 4.66.